The van der Waals surface area contributed by atoms with Crippen LogP contribution < -0.4 is 10.6 Å². The van der Waals surface area contributed by atoms with Crippen molar-refractivity contribution < 1.29 is 14.3 Å². The van der Waals surface area contributed by atoms with Gasteiger partial charge >= 0.3 is 5.97 Å². The summed E-state index contributed by atoms with van der Waals surface area (Å²) >= 11 is 6.81. The van der Waals surface area contributed by atoms with Crippen LogP contribution in [0.1, 0.15) is 59.3 Å². The van der Waals surface area contributed by atoms with Gasteiger partial charge in [0.25, 0.3) is 0 Å². The zero-order valence-corrected chi connectivity index (χ0v) is 15.4. The first kappa shape index (κ1) is 17.4. The van der Waals surface area contributed by atoms with Gasteiger partial charge in [-0.2, -0.15) is 0 Å². The van der Waals surface area contributed by atoms with E-state index in [9.17, 15) is 9.59 Å². The molecule has 1 aromatic rings. The zero-order valence-electron chi connectivity index (χ0n) is 13.8. The number of nitrogens with one attached hydrogen (secondary N) is 2. The molecule has 1 saturated carbocycles. The van der Waals surface area contributed by atoms with Crippen LogP contribution in [-0.4, -0.2) is 24.1 Å². The van der Waals surface area contributed by atoms with Crippen molar-refractivity contribution in [3.8, 4) is 0 Å². The van der Waals surface area contributed by atoms with E-state index in [2.05, 4.69) is 10.6 Å². The van der Waals surface area contributed by atoms with Crippen molar-refractivity contribution in [2.24, 2.45) is 5.92 Å². The summed E-state index contributed by atoms with van der Waals surface area (Å²) in [6.45, 7) is 0. The van der Waals surface area contributed by atoms with Crippen molar-refractivity contribution in [1.29, 1.82) is 0 Å². The largest absolute Gasteiger partial charge is 0.465 e. The van der Waals surface area contributed by atoms with Crippen molar-refractivity contribution >= 4 is 45.5 Å². The van der Waals surface area contributed by atoms with Gasteiger partial charge in [0, 0.05) is 10.8 Å². The fourth-order valence-corrected chi connectivity index (χ4v) is 5.07. The van der Waals surface area contributed by atoms with E-state index in [1.54, 1.807) is 0 Å². The van der Waals surface area contributed by atoms with Gasteiger partial charge in [-0.1, -0.05) is 19.3 Å². The van der Waals surface area contributed by atoms with Gasteiger partial charge in [-0.05, 0) is 49.9 Å². The smallest absolute Gasteiger partial charge is 0.341 e. The van der Waals surface area contributed by atoms with Crippen molar-refractivity contribution in [2.45, 2.75) is 51.4 Å². The summed E-state index contributed by atoms with van der Waals surface area (Å²) in [7, 11) is 1.38. The highest BCUT2D eigenvalue weighted by Gasteiger charge is 2.28. The molecule has 0 bridgehead atoms. The van der Waals surface area contributed by atoms with E-state index in [0.29, 0.717) is 10.6 Å². The Bertz CT molecular complexity index is 663. The first-order valence-electron chi connectivity index (χ1n) is 8.45. The van der Waals surface area contributed by atoms with Crippen LogP contribution in [0.2, 0.25) is 0 Å². The molecule has 0 aromatic carbocycles. The topological polar surface area (TPSA) is 67.4 Å². The van der Waals surface area contributed by atoms with Crippen LogP contribution in [0.4, 0.5) is 5.00 Å². The number of hydrogen-bond donors (Lipinski definition) is 2. The highest BCUT2D eigenvalue weighted by molar-refractivity contribution is 7.80. The van der Waals surface area contributed by atoms with Gasteiger partial charge in [-0.3, -0.25) is 4.79 Å². The first-order valence-corrected chi connectivity index (χ1v) is 9.67. The summed E-state index contributed by atoms with van der Waals surface area (Å²) in [5, 5.41) is 6.77. The maximum absolute atomic E-state index is 12.3. The summed E-state index contributed by atoms with van der Waals surface area (Å²) in [6.07, 6.45) is 8.19. The van der Waals surface area contributed by atoms with Crippen molar-refractivity contribution in [1.82, 2.24) is 5.32 Å². The van der Waals surface area contributed by atoms with Gasteiger partial charge in [0.1, 0.15) is 5.00 Å². The van der Waals surface area contributed by atoms with Crippen LogP contribution in [0.3, 0.4) is 0 Å². The molecule has 1 amide bonds. The molecule has 2 aliphatic carbocycles. The fraction of sp³-hybridized carbons (Fsp3) is 0.588. The Balaban J connectivity index is 1.68. The van der Waals surface area contributed by atoms with Crippen LogP contribution >= 0.6 is 23.6 Å². The van der Waals surface area contributed by atoms with Gasteiger partial charge in [0.2, 0.25) is 5.91 Å². The molecule has 0 aliphatic heterocycles. The van der Waals surface area contributed by atoms with Crippen LogP contribution in [0, 0.1) is 5.92 Å². The molecule has 0 atom stereocenters. The Hall–Kier alpha value is -1.47. The molecule has 1 aromatic heterocycles. The second kappa shape index (κ2) is 7.61. The number of carbonyl (C=O) groups excluding carboxylic acids is 2. The minimum absolute atomic E-state index is 0.0177. The van der Waals surface area contributed by atoms with Gasteiger partial charge in [-0.15, -0.1) is 11.3 Å². The minimum atomic E-state index is -0.349. The summed E-state index contributed by atoms with van der Waals surface area (Å²) in [5.74, 6) is -0.318. The fourth-order valence-electron chi connectivity index (χ4n) is 3.52. The Morgan fingerprint density at radius 1 is 1.17 bits per heavy atom. The number of methoxy groups -OCH3 is 1. The Kier molecular flexibility index (Phi) is 5.50. The molecule has 0 spiro atoms. The lowest BCUT2D eigenvalue weighted by Crippen LogP contribution is -2.39. The molecule has 0 unspecified atom stereocenters. The summed E-state index contributed by atoms with van der Waals surface area (Å²) < 4.78 is 4.92. The molecule has 1 fully saturated rings. The number of carbonyl (C=O) groups is 2. The van der Waals surface area contributed by atoms with Crippen molar-refractivity contribution in [3.63, 3.8) is 0 Å². The van der Waals surface area contributed by atoms with Crippen molar-refractivity contribution in [2.75, 3.05) is 12.4 Å². The van der Waals surface area contributed by atoms with E-state index >= 15 is 0 Å². The molecular formula is C17H22N2O3S2. The van der Waals surface area contributed by atoms with Gasteiger partial charge in [-0.25, -0.2) is 4.79 Å². The lowest BCUT2D eigenvalue weighted by atomic mass is 9.89. The standard InChI is InChI=1S/C17H22N2O3S2/c1-22-16(21)13-11-8-5-9-12(11)24-15(13)19-17(23)18-14(20)10-6-3-2-4-7-10/h10H,2-9H2,1H3,(H2,18,19,20,23). The maximum atomic E-state index is 12.3. The lowest BCUT2D eigenvalue weighted by Gasteiger charge is -2.21. The van der Waals surface area contributed by atoms with Crippen molar-refractivity contribution in [3.05, 3.63) is 16.0 Å². The van der Waals surface area contributed by atoms with E-state index in [-0.39, 0.29) is 22.9 Å². The SMILES string of the molecule is COC(=O)c1c(NC(=S)NC(=O)C2CCCCC2)sc2c1CCC2. The summed E-state index contributed by atoms with van der Waals surface area (Å²) in [6, 6.07) is 0. The van der Waals surface area contributed by atoms with Crippen LogP contribution in [0.5, 0.6) is 0 Å². The third-order valence-electron chi connectivity index (χ3n) is 4.75. The molecule has 24 heavy (non-hydrogen) atoms. The predicted molar refractivity (Wildman–Crippen MR) is 98.6 cm³/mol. The van der Waals surface area contributed by atoms with E-state index in [0.717, 1.165) is 50.5 Å². The number of hydrogen-bond acceptors (Lipinski definition) is 5. The Morgan fingerprint density at radius 2 is 1.92 bits per heavy atom. The number of amides is 1. The van der Waals surface area contributed by atoms with E-state index in [1.165, 1.54) is 29.7 Å². The van der Waals surface area contributed by atoms with Gasteiger partial charge in [0.15, 0.2) is 5.11 Å². The van der Waals surface area contributed by atoms with Crippen LogP contribution in [0.15, 0.2) is 0 Å². The average Bonchev–Trinajstić information content (AvgIpc) is 3.15. The molecule has 0 saturated heterocycles. The molecule has 2 N–H and O–H groups in total. The van der Waals surface area contributed by atoms with Gasteiger partial charge < -0.3 is 15.4 Å². The van der Waals surface area contributed by atoms with Gasteiger partial charge in [0.05, 0.1) is 12.7 Å². The number of anilines is 1. The average molecular weight is 367 g/mol. The maximum Gasteiger partial charge on any atom is 0.341 e. The van der Waals surface area contributed by atoms with E-state index in [1.807, 2.05) is 0 Å². The molecular weight excluding hydrogens is 344 g/mol. The number of aryl methyl sites for hydroxylation is 1. The predicted octanol–water partition coefficient (Wildman–Crippen LogP) is 3.42. The molecule has 2 aliphatic rings. The molecule has 1 heterocycles. The van der Waals surface area contributed by atoms with Crippen LogP contribution in [-0.2, 0) is 22.4 Å². The third-order valence-corrected chi connectivity index (χ3v) is 6.16. The molecule has 0 radical (unpaired) electrons. The lowest BCUT2D eigenvalue weighted by molar-refractivity contribution is -0.124. The monoisotopic (exact) mass is 366 g/mol. The number of thiophene rings is 1. The number of ether oxygens (including phenoxy) is 1. The highest BCUT2D eigenvalue weighted by atomic mass is 32.1. The first-order chi connectivity index (χ1) is 11.6. The number of fused-ring (bicyclic) bond motifs is 1. The van der Waals surface area contributed by atoms with E-state index in [4.69, 9.17) is 17.0 Å². The Morgan fingerprint density at radius 3 is 2.62 bits per heavy atom. The third kappa shape index (κ3) is 3.62. The molecule has 130 valence electrons. The Labute approximate surface area is 151 Å². The minimum Gasteiger partial charge on any atom is -0.465 e. The number of thiocarbonyl (C=S) groups is 1. The summed E-state index contributed by atoms with van der Waals surface area (Å²) in [5.41, 5.74) is 1.64. The second-order valence-electron chi connectivity index (χ2n) is 6.33. The second-order valence-corrected chi connectivity index (χ2v) is 7.84. The van der Waals surface area contributed by atoms with E-state index < -0.39 is 0 Å². The summed E-state index contributed by atoms with van der Waals surface area (Å²) in [4.78, 5) is 25.6. The molecule has 3 rings (SSSR count). The highest BCUT2D eigenvalue weighted by Crippen LogP contribution is 2.39. The molecule has 7 heteroatoms. The molecule has 5 nitrogen and oxygen atoms in total. The number of rotatable bonds is 3. The zero-order chi connectivity index (χ0) is 17.1. The quantitative estimate of drug-likeness (QED) is 0.634. The number of esters is 1. The van der Waals surface area contributed by atoms with Crippen LogP contribution in [0.25, 0.3) is 0 Å². The normalized spacial score (nSPS) is 17.2.